The predicted octanol–water partition coefficient (Wildman–Crippen LogP) is 2.28. The van der Waals surface area contributed by atoms with Gasteiger partial charge in [-0.3, -0.25) is 4.79 Å². The van der Waals surface area contributed by atoms with E-state index < -0.39 is 0 Å². The van der Waals surface area contributed by atoms with E-state index in [1.54, 1.807) is 20.0 Å². The summed E-state index contributed by atoms with van der Waals surface area (Å²) in [5.41, 5.74) is 3.44. The second-order valence-corrected chi connectivity index (χ2v) is 4.56. The van der Waals surface area contributed by atoms with E-state index in [4.69, 9.17) is 0 Å². The van der Waals surface area contributed by atoms with E-state index in [-0.39, 0.29) is 17.2 Å². The van der Waals surface area contributed by atoms with Gasteiger partial charge in [-0.2, -0.15) is 5.10 Å². The lowest BCUT2D eigenvalue weighted by Gasteiger charge is -2.05. The van der Waals surface area contributed by atoms with Gasteiger partial charge in [0.15, 0.2) is 0 Å². The molecule has 1 N–H and O–H groups in total. The van der Waals surface area contributed by atoms with Crippen LogP contribution in [0.15, 0.2) is 18.2 Å². The van der Waals surface area contributed by atoms with E-state index in [2.05, 4.69) is 5.10 Å². The fraction of sp³-hybridized carbons (Fsp3) is 0.286. The first-order valence-electron chi connectivity index (χ1n) is 5.76. The van der Waals surface area contributed by atoms with Crippen molar-refractivity contribution in [2.24, 2.45) is 7.05 Å². The zero-order valence-electron chi connectivity index (χ0n) is 11.0. The van der Waals surface area contributed by atoms with E-state index in [1.807, 2.05) is 26.0 Å². The number of carbonyl (C=O) groups excluding carboxylic acids is 1. The van der Waals surface area contributed by atoms with E-state index >= 15 is 0 Å². The maximum absolute atomic E-state index is 12.4. The second-order valence-electron chi connectivity index (χ2n) is 4.56. The van der Waals surface area contributed by atoms with Crippen LogP contribution in [0.1, 0.15) is 32.7 Å². The molecule has 0 unspecified atom stereocenters. The van der Waals surface area contributed by atoms with Crippen LogP contribution >= 0.6 is 0 Å². The Morgan fingerprint density at radius 3 is 2.44 bits per heavy atom. The lowest BCUT2D eigenvalue weighted by molar-refractivity contribution is 0.103. The van der Waals surface area contributed by atoms with Gasteiger partial charge in [0.1, 0.15) is 5.56 Å². The summed E-state index contributed by atoms with van der Waals surface area (Å²) in [6, 6.07) is 5.64. The Kier molecular flexibility index (Phi) is 2.95. The number of ketones is 1. The average Bonchev–Trinajstić information content (AvgIpc) is 2.52. The van der Waals surface area contributed by atoms with Crippen LogP contribution in [0, 0.1) is 20.8 Å². The first kappa shape index (κ1) is 12.4. The van der Waals surface area contributed by atoms with Crippen LogP contribution in [0.5, 0.6) is 5.88 Å². The monoisotopic (exact) mass is 244 g/mol. The SMILES string of the molecule is Cc1ccc(C(=O)c2c(C)nn(C)c2O)c(C)c1. The van der Waals surface area contributed by atoms with E-state index in [0.717, 1.165) is 11.1 Å². The molecular formula is C14H16N2O2. The number of carbonyl (C=O) groups is 1. The van der Waals surface area contributed by atoms with Gasteiger partial charge in [0.2, 0.25) is 11.7 Å². The highest BCUT2D eigenvalue weighted by molar-refractivity contribution is 6.12. The summed E-state index contributed by atoms with van der Waals surface area (Å²) in [6.45, 7) is 5.59. The lowest BCUT2D eigenvalue weighted by atomic mass is 9.98. The van der Waals surface area contributed by atoms with Crippen LogP contribution < -0.4 is 0 Å². The lowest BCUT2D eigenvalue weighted by Crippen LogP contribution is -2.05. The van der Waals surface area contributed by atoms with E-state index in [0.29, 0.717) is 11.3 Å². The van der Waals surface area contributed by atoms with Gasteiger partial charge in [0, 0.05) is 12.6 Å². The van der Waals surface area contributed by atoms with Crippen LogP contribution in [-0.2, 0) is 7.05 Å². The standard InChI is InChI=1S/C14H16N2O2/c1-8-5-6-11(9(2)7-8)13(17)12-10(3)15-16(4)14(12)18/h5-7,18H,1-4H3. The summed E-state index contributed by atoms with van der Waals surface area (Å²) >= 11 is 0. The Bertz CT molecular complexity index is 627. The molecule has 0 saturated heterocycles. The maximum atomic E-state index is 12.4. The maximum Gasteiger partial charge on any atom is 0.220 e. The third-order valence-corrected chi connectivity index (χ3v) is 3.05. The smallest absolute Gasteiger partial charge is 0.220 e. The fourth-order valence-electron chi connectivity index (χ4n) is 2.11. The minimum Gasteiger partial charge on any atom is -0.493 e. The molecule has 4 nitrogen and oxygen atoms in total. The number of nitrogens with zero attached hydrogens (tertiary/aromatic N) is 2. The van der Waals surface area contributed by atoms with Crippen molar-refractivity contribution in [2.75, 3.05) is 0 Å². The zero-order chi connectivity index (χ0) is 13.4. The van der Waals surface area contributed by atoms with Crippen molar-refractivity contribution in [1.29, 1.82) is 0 Å². The van der Waals surface area contributed by atoms with Gasteiger partial charge in [-0.15, -0.1) is 0 Å². The quantitative estimate of drug-likeness (QED) is 0.824. The molecule has 0 aliphatic carbocycles. The normalized spacial score (nSPS) is 10.7. The molecule has 2 rings (SSSR count). The summed E-state index contributed by atoms with van der Waals surface area (Å²) in [7, 11) is 1.61. The van der Waals surface area contributed by atoms with Gasteiger partial charge in [0.05, 0.1) is 5.69 Å². The molecule has 0 spiro atoms. The van der Waals surface area contributed by atoms with Crippen molar-refractivity contribution in [1.82, 2.24) is 9.78 Å². The molecule has 1 aromatic heterocycles. The first-order chi connectivity index (χ1) is 8.41. The van der Waals surface area contributed by atoms with Crippen molar-refractivity contribution in [3.8, 4) is 5.88 Å². The molecule has 4 heteroatoms. The van der Waals surface area contributed by atoms with Gasteiger partial charge in [-0.25, -0.2) is 4.68 Å². The van der Waals surface area contributed by atoms with Gasteiger partial charge in [0.25, 0.3) is 0 Å². The molecule has 18 heavy (non-hydrogen) atoms. The Morgan fingerprint density at radius 1 is 1.28 bits per heavy atom. The average molecular weight is 244 g/mol. The van der Waals surface area contributed by atoms with Crippen LogP contribution in [0.25, 0.3) is 0 Å². The summed E-state index contributed by atoms with van der Waals surface area (Å²) in [4.78, 5) is 12.4. The number of rotatable bonds is 2. The molecule has 94 valence electrons. The molecule has 0 aliphatic rings. The number of aromatic nitrogens is 2. The van der Waals surface area contributed by atoms with Crippen molar-refractivity contribution in [3.63, 3.8) is 0 Å². The summed E-state index contributed by atoms with van der Waals surface area (Å²) in [5, 5.41) is 13.9. The number of benzene rings is 1. The molecule has 0 atom stereocenters. The van der Waals surface area contributed by atoms with Crippen molar-refractivity contribution < 1.29 is 9.90 Å². The van der Waals surface area contributed by atoms with Crippen LogP contribution in [0.3, 0.4) is 0 Å². The van der Waals surface area contributed by atoms with Crippen molar-refractivity contribution in [3.05, 3.63) is 46.1 Å². The third-order valence-electron chi connectivity index (χ3n) is 3.05. The third kappa shape index (κ3) is 1.90. The highest BCUT2D eigenvalue weighted by Crippen LogP contribution is 2.24. The molecule has 2 aromatic rings. The highest BCUT2D eigenvalue weighted by Gasteiger charge is 2.22. The van der Waals surface area contributed by atoms with Gasteiger partial charge in [-0.1, -0.05) is 23.8 Å². The van der Waals surface area contributed by atoms with Crippen LogP contribution in [0.4, 0.5) is 0 Å². The van der Waals surface area contributed by atoms with Gasteiger partial charge < -0.3 is 5.11 Å². The molecule has 0 radical (unpaired) electrons. The Balaban J connectivity index is 2.55. The molecule has 0 amide bonds. The van der Waals surface area contributed by atoms with Gasteiger partial charge >= 0.3 is 0 Å². The fourth-order valence-corrected chi connectivity index (χ4v) is 2.11. The number of hydrogen-bond donors (Lipinski definition) is 1. The molecule has 0 saturated carbocycles. The zero-order valence-corrected chi connectivity index (χ0v) is 11.0. The number of aryl methyl sites for hydroxylation is 4. The highest BCUT2D eigenvalue weighted by atomic mass is 16.3. The van der Waals surface area contributed by atoms with Crippen molar-refractivity contribution >= 4 is 5.78 Å². The first-order valence-corrected chi connectivity index (χ1v) is 5.76. The van der Waals surface area contributed by atoms with Crippen molar-refractivity contribution in [2.45, 2.75) is 20.8 Å². The van der Waals surface area contributed by atoms with E-state index in [9.17, 15) is 9.90 Å². The van der Waals surface area contributed by atoms with Crippen LogP contribution in [-0.4, -0.2) is 20.7 Å². The topological polar surface area (TPSA) is 55.1 Å². The second kappa shape index (κ2) is 4.29. The molecule has 0 bridgehead atoms. The summed E-state index contributed by atoms with van der Waals surface area (Å²) < 4.78 is 1.31. The number of hydrogen-bond acceptors (Lipinski definition) is 3. The molecule has 1 heterocycles. The molecular weight excluding hydrogens is 228 g/mol. The molecule has 0 aliphatic heterocycles. The largest absolute Gasteiger partial charge is 0.493 e. The summed E-state index contributed by atoms with van der Waals surface area (Å²) in [6.07, 6.45) is 0. The summed E-state index contributed by atoms with van der Waals surface area (Å²) in [5.74, 6) is -0.270. The molecule has 1 aromatic carbocycles. The van der Waals surface area contributed by atoms with Gasteiger partial charge in [-0.05, 0) is 26.3 Å². The number of aromatic hydroxyl groups is 1. The Labute approximate surface area is 106 Å². The van der Waals surface area contributed by atoms with Crippen LogP contribution in [0.2, 0.25) is 0 Å². The minimum absolute atomic E-state index is 0.0857. The Morgan fingerprint density at radius 2 is 1.94 bits per heavy atom. The Hall–Kier alpha value is -2.10. The van der Waals surface area contributed by atoms with E-state index in [1.165, 1.54) is 4.68 Å². The minimum atomic E-state index is -0.185. The predicted molar refractivity (Wildman–Crippen MR) is 69.0 cm³/mol. The molecule has 0 fully saturated rings.